The van der Waals surface area contributed by atoms with Crippen LogP contribution >= 0.6 is 11.3 Å². The summed E-state index contributed by atoms with van der Waals surface area (Å²) in [7, 11) is 0. The fourth-order valence-electron chi connectivity index (χ4n) is 2.60. The Bertz CT molecular complexity index is 643. The molecule has 1 saturated heterocycles. The summed E-state index contributed by atoms with van der Waals surface area (Å²) in [5.74, 6) is 0.321. The molecule has 2 amide bonds. The summed E-state index contributed by atoms with van der Waals surface area (Å²) >= 11 is 1.44. The number of nitrogens with zero attached hydrogens (tertiary/aromatic N) is 2. The van der Waals surface area contributed by atoms with E-state index < -0.39 is 0 Å². The van der Waals surface area contributed by atoms with Crippen LogP contribution in [-0.4, -0.2) is 34.8 Å². The van der Waals surface area contributed by atoms with Gasteiger partial charge in [0.1, 0.15) is 5.82 Å². The fourth-order valence-corrected chi connectivity index (χ4v) is 3.29. The topological polar surface area (TPSA) is 62.3 Å². The van der Waals surface area contributed by atoms with Crippen LogP contribution in [0.1, 0.15) is 22.5 Å². The molecule has 3 rings (SSSR count). The molecule has 5 nitrogen and oxygen atoms in total. The van der Waals surface area contributed by atoms with E-state index in [2.05, 4.69) is 10.3 Å². The number of rotatable bonds is 3. The smallest absolute Gasteiger partial charge is 0.263 e. The first kappa shape index (κ1) is 14.7. The maximum atomic E-state index is 12.4. The summed E-state index contributed by atoms with van der Waals surface area (Å²) in [5.41, 5.74) is 0. The molecule has 1 N–H and O–H groups in total. The van der Waals surface area contributed by atoms with Gasteiger partial charge in [-0.3, -0.25) is 9.59 Å². The standard InChI is InChI=1S/C16H17N3O2S/c20-15(18-14-7-1-2-8-17-14)12-5-3-9-19(11-12)16(21)13-6-4-10-22-13/h1-2,4,6-8,10,12H,3,5,9,11H2,(H,17,18,20). The minimum atomic E-state index is -0.181. The molecule has 3 heterocycles. The lowest BCUT2D eigenvalue weighted by atomic mass is 9.97. The summed E-state index contributed by atoms with van der Waals surface area (Å²) in [6, 6.07) is 9.08. The van der Waals surface area contributed by atoms with Gasteiger partial charge in [0.2, 0.25) is 5.91 Å². The molecule has 22 heavy (non-hydrogen) atoms. The minimum absolute atomic E-state index is 0.0188. The number of carbonyl (C=O) groups excluding carboxylic acids is 2. The number of amides is 2. The SMILES string of the molecule is O=C(Nc1ccccn1)C1CCCN(C(=O)c2cccs2)C1. The Labute approximate surface area is 133 Å². The second-order valence-corrected chi connectivity index (χ2v) is 6.22. The Hall–Kier alpha value is -2.21. The molecule has 2 aromatic heterocycles. The van der Waals surface area contributed by atoms with Crippen molar-refractivity contribution in [2.75, 3.05) is 18.4 Å². The highest BCUT2D eigenvalue weighted by Crippen LogP contribution is 2.21. The van der Waals surface area contributed by atoms with Gasteiger partial charge in [0.15, 0.2) is 0 Å². The molecule has 1 aliphatic heterocycles. The summed E-state index contributed by atoms with van der Waals surface area (Å²) in [5, 5.41) is 4.71. The maximum absolute atomic E-state index is 12.4. The first-order chi connectivity index (χ1) is 10.7. The second kappa shape index (κ2) is 6.70. The van der Waals surface area contributed by atoms with E-state index in [1.54, 1.807) is 23.2 Å². The summed E-state index contributed by atoms with van der Waals surface area (Å²) in [4.78, 5) is 31.3. The largest absolute Gasteiger partial charge is 0.337 e. The number of thiophene rings is 1. The molecule has 1 aliphatic rings. The van der Waals surface area contributed by atoms with Crippen molar-refractivity contribution in [2.24, 2.45) is 5.92 Å². The monoisotopic (exact) mass is 315 g/mol. The van der Waals surface area contributed by atoms with E-state index in [4.69, 9.17) is 0 Å². The number of piperidine rings is 1. The number of hydrogen-bond acceptors (Lipinski definition) is 4. The Balaban J connectivity index is 1.63. The third kappa shape index (κ3) is 3.33. The van der Waals surface area contributed by atoms with Crippen molar-refractivity contribution in [3.05, 3.63) is 46.8 Å². The Morgan fingerprint density at radius 3 is 2.91 bits per heavy atom. The quantitative estimate of drug-likeness (QED) is 0.947. The normalized spacial score (nSPS) is 18.0. The van der Waals surface area contributed by atoms with Gasteiger partial charge in [-0.2, -0.15) is 0 Å². The lowest BCUT2D eigenvalue weighted by Crippen LogP contribution is -2.43. The van der Waals surface area contributed by atoms with Crippen LogP contribution in [-0.2, 0) is 4.79 Å². The first-order valence-corrected chi connectivity index (χ1v) is 8.16. The van der Waals surface area contributed by atoms with Crippen molar-refractivity contribution in [1.29, 1.82) is 0 Å². The van der Waals surface area contributed by atoms with E-state index in [9.17, 15) is 9.59 Å². The van der Waals surface area contributed by atoms with Crippen LogP contribution in [0.25, 0.3) is 0 Å². The van der Waals surface area contributed by atoms with Crippen LogP contribution in [0.4, 0.5) is 5.82 Å². The van der Waals surface area contributed by atoms with Crippen molar-refractivity contribution in [3.8, 4) is 0 Å². The van der Waals surface area contributed by atoms with Crippen LogP contribution in [0.2, 0.25) is 0 Å². The average molecular weight is 315 g/mol. The molecular formula is C16H17N3O2S. The summed E-state index contributed by atoms with van der Waals surface area (Å²) < 4.78 is 0. The highest BCUT2D eigenvalue weighted by Gasteiger charge is 2.29. The van der Waals surface area contributed by atoms with Gasteiger partial charge in [-0.15, -0.1) is 11.3 Å². The van der Waals surface area contributed by atoms with Crippen molar-refractivity contribution in [1.82, 2.24) is 9.88 Å². The van der Waals surface area contributed by atoms with Gasteiger partial charge < -0.3 is 10.2 Å². The number of aromatic nitrogens is 1. The third-order valence-corrected chi connectivity index (χ3v) is 4.59. The molecule has 0 radical (unpaired) electrons. The van der Waals surface area contributed by atoms with E-state index in [1.165, 1.54) is 11.3 Å². The van der Waals surface area contributed by atoms with E-state index in [0.29, 0.717) is 18.9 Å². The van der Waals surface area contributed by atoms with Crippen molar-refractivity contribution in [2.45, 2.75) is 12.8 Å². The Morgan fingerprint density at radius 2 is 2.18 bits per heavy atom. The van der Waals surface area contributed by atoms with Crippen molar-refractivity contribution in [3.63, 3.8) is 0 Å². The second-order valence-electron chi connectivity index (χ2n) is 5.27. The van der Waals surface area contributed by atoms with Gasteiger partial charge >= 0.3 is 0 Å². The number of pyridine rings is 1. The zero-order chi connectivity index (χ0) is 15.4. The average Bonchev–Trinajstić information content (AvgIpc) is 3.09. The number of hydrogen-bond donors (Lipinski definition) is 1. The van der Waals surface area contributed by atoms with E-state index in [-0.39, 0.29) is 17.7 Å². The van der Waals surface area contributed by atoms with E-state index in [1.807, 2.05) is 23.6 Å². The predicted octanol–water partition coefficient (Wildman–Crippen LogP) is 2.63. The minimum Gasteiger partial charge on any atom is -0.337 e. The van der Waals surface area contributed by atoms with Crippen LogP contribution < -0.4 is 5.32 Å². The molecule has 1 unspecified atom stereocenters. The van der Waals surface area contributed by atoms with Gasteiger partial charge in [0, 0.05) is 19.3 Å². The van der Waals surface area contributed by atoms with Gasteiger partial charge in [-0.25, -0.2) is 4.98 Å². The third-order valence-electron chi connectivity index (χ3n) is 3.73. The molecule has 0 saturated carbocycles. The molecule has 114 valence electrons. The maximum Gasteiger partial charge on any atom is 0.263 e. The van der Waals surface area contributed by atoms with Crippen molar-refractivity contribution >= 4 is 29.0 Å². The van der Waals surface area contributed by atoms with Crippen LogP contribution in [0.3, 0.4) is 0 Å². The molecular weight excluding hydrogens is 298 g/mol. The molecule has 0 aromatic carbocycles. The molecule has 0 aliphatic carbocycles. The lowest BCUT2D eigenvalue weighted by molar-refractivity contribution is -0.121. The zero-order valence-electron chi connectivity index (χ0n) is 12.1. The Morgan fingerprint density at radius 1 is 1.27 bits per heavy atom. The summed E-state index contributed by atoms with van der Waals surface area (Å²) in [6.07, 6.45) is 3.29. The zero-order valence-corrected chi connectivity index (χ0v) is 12.9. The highest BCUT2D eigenvalue weighted by atomic mass is 32.1. The number of anilines is 1. The van der Waals surface area contributed by atoms with Crippen molar-refractivity contribution < 1.29 is 9.59 Å². The molecule has 1 atom stereocenters. The molecule has 6 heteroatoms. The van der Waals surface area contributed by atoms with Gasteiger partial charge in [0.25, 0.3) is 5.91 Å². The highest BCUT2D eigenvalue weighted by molar-refractivity contribution is 7.12. The van der Waals surface area contributed by atoms with E-state index in [0.717, 1.165) is 17.7 Å². The Kier molecular flexibility index (Phi) is 4.48. The van der Waals surface area contributed by atoms with Crippen LogP contribution in [0.5, 0.6) is 0 Å². The molecule has 1 fully saturated rings. The molecule has 0 bridgehead atoms. The fraction of sp³-hybridized carbons (Fsp3) is 0.312. The first-order valence-electron chi connectivity index (χ1n) is 7.29. The number of likely N-dealkylation sites (tertiary alicyclic amines) is 1. The van der Waals surface area contributed by atoms with Gasteiger partial charge in [0.05, 0.1) is 10.8 Å². The molecule has 2 aromatic rings. The number of nitrogens with one attached hydrogen (secondary N) is 1. The van der Waals surface area contributed by atoms with Gasteiger partial charge in [-0.05, 0) is 36.4 Å². The van der Waals surface area contributed by atoms with Crippen LogP contribution in [0.15, 0.2) is 41.9 Å². The van der Waals surface area contributed by atoms with Gasteiger partial charge in [-0.1, -0.05) is 12.1 Å². The van der Waals surface area contributed by atoms with E-state index >= 15 is 0 Å². The predicted molar refractivity (Wildman–Crippen MR) is 85.8 cm³/mol. The lowest BCUT2D eigenvalue weighted by Gasteiger charge is -2.31. The number of carbonyl (C=O) groups is 2. The molecule has 0 spiro atoms. The van der Waals surface area contributed by atoms with Crippen LogP contribution in [0, 0.1) is 5.92 Å². The summed E-state index contributed by atoms with van der Waals surface area (Å²) in [6.45, 7) is 1.18.